The first-order valence-corrected chi connectivity index (χ1v) is 6.69. The van der Waals surface area contributed by atoms with E-state index >= 15 is 0 Å². The molecule has 1 heterocycles. The fourth-order valence-electron chi connectivity index (χ4n) is 1.82. The van der Waals surface area contributed by atoms with Gasteiger partial charge in [0.2, 0.25) is 0 Å². The van der Waals surface area contributed by atoms with Crippen LogP contribution in [0, 0.1) is 0 Å². The van der Waals surface area contributed by atoms with E-state index in [0.29, 0.717) is 11.6 Å². The number of hydrogen-bond acceptors (Lipinski definition) is 3. The zero-order valence-electron chi connectivity index (χ0n) is 11.0. The quantitative estimate of drug-likeness (QED) is 0.792. The fourth-order valence-corrected chi connectivity index (χ4v) is 2.08. The number of halogens is 1. The van der Waals surface area contributed by atoms with Crippen LogP contribution in [-0.4, -0.2) is 23.2 Å². The van der Waals surface area contributed by atoms with E-state index in [1.54, 1.807) is 12.5 Å². The lowest BCUT2D eigenvalue weighted by atomic mass is 10.2. The molecule has 0 aliphatic rings. The molecular weight excluding hydrogens is 262 g/mol. The second-order valence-electron chi connectivity index (χ2n) is 4.30. The van der Waals surface area contributed by atoms with Crippen LogP contribution in [0.4, 0.5) is 0 Å². The Labute approximate surface area is 118 Å². The maximum Gasteiger partial charge on any atom is 0.137 e. The summed E-state index contributed by atoms with van der Waals surface area (Å²) >= 11 is 6.18. The Balaban J connectivity index is 1.79. The van der Waals surface area contributed by atoms with Crippen molar-refractivity contribution in [2.45, 2.75) is 19.5 Å². The van der Waals surface area contributed by atoms with E-state index in [1.165, 1.54) is 0 Å². The van der Waals surface area contributed by atoms with E-state index in [0.717, 1.165) is 30.8 Å². The van der Waals surface area contributed by atoms with Gasteiger partial charge in [-0.05, 0) is 31.2 Å². The third-order valence-corrected chi connectivity index (χ3v) is 3.05. The first-order valence-electron chi connectivity index (χ1n) is 6.31. The summed E-state index contributed by atoms with van der Waals surface area (Å²) in [7, 11) is 1.91. The average Bonchev–Trinajstić information content (AvgIpc) is 2.90. The third kappa shape index (κ3) is 4.26. The predicted octanol–water partition coefficient (Wildman–Crippen LogP) is 2.73. The number of rotatable bonds is 7. The van der Waals surface area contributed by atoms with E-state index in [-0.39, 0.29) is 0 Å². The highest BCUT2D eigenvalue weighted by Gasteiger charge is 2.02. The predicted molar refractivity (Wildman–Crippen MR) is 76.6 cm³/mol. The maximum absolute atomic E-state index is 6.18. The van der Waals surface area contributed by atoms with Crippen molar-refractivity contribution in [3.8, 4) is 5.75 Å². The Morgan fingerprint density at radius 3 is 3.00 bits per heavy atom. The standard InChI is InChI=1S/C14H18ClN3O/c1-16-10-12-3-4-14(13(15)9-12)19-8-2-6-18-7-5-17-11-18/h3-5,7,9,11,16H,2,6,8,10H2,1H3. The molecule has 0 fully saturated rings. The Morgan fingerprint density at radius 1 is 1.42 bits per heavy atom. The Bertz CT molecular complexity index is 499. The maximum atomic E-state index is 6.18. The van der Waals surface area contributed by atoms with E-state index in [9.17, 15) is 0 Å². The Morgan fingerprint density at radius 2 is 2.32 bits per heavy atom. The van der Waals surface area contributed by atoms with Gasteiger partial charge < -0.3 is 14.6 Å². The van der Waals surface area contributed by atoms with Crippen LogP contribution < -0.4 is 10.1 Å². The molecule has 2 rings (SSSR count). The number of hydrogen-bond donors (Lipinski definition) is 1. The summed E-state index contributed by atoms with van der Waals surface area (Å²) in [5, 5.41) is 3.75. The first-order chi connectivity index (χ1) is 9.29. The normalized spacial score (nSPS) is 10.6. The van der Waals surface area contributed by atoms with Gasteiger partial charge in [0.25, 0.3) is 0 Å². The van der Waals surface area contributed by atoms with Crippen LogP contribution in [0.3, 0.4) is 0 Å². The molecule has 0 atom stereocenters. The first kappa shape index (κ1) is 13.9. The monoisotopic (exact) mass is 279 g/mol. The van der Waals surface area contributed by atoms with Crippen molar-refractivity contribution in [3.63, 3.8) is 0 Å². The number of aromatic nitrogens is 2. The van der Waals surface area contributed by atoms with Gasteiger partial charge in [0.1, 0.15) is 5.75 Å². The van der Waals surface area contributed by atoms with Gasteiger partial charge in [0, 0.05) is 25.5 Å². The molecule has 0 bridgehead atoms. The summed E-state index contributed by atoms with van der Waals surface area (Å²) < 4.78 is 7.71. The molecule has 1 N–H and O–H groups in total. The minimum Gasteiger partial charge on any atom is -0.492 e. The molecule has 102 valence electrons. The molecule has 0 aliphatic heterocycles. The second-order valence-corrected chi connectivity index (χ2v) is 4.70. The van der Waals surface area contributed by atoms with Crippen LogP contribution in [0.5, 0.6) is 5.75 Å². The van der Waals surface area contributed by atoms with Crippen LogP contribution in [0.1, 0.15) is 12.0 Å². The van der Waals surface area contributed by atoms with Crippen LogP contribution >= 0.6 is 11.6 Å². The summed E-state index contributed by atoms with van der Waals surface area (Å²) in [6.07, 6.45) is 6.45. The Kier molecular flexibility index (Phi) is 5.24. The lowest BCUT2D eigenvalue weighted by molar-refractivity contribution is 0.302. The zero-order valence-corrected chi connectivity index (χ0v) is 11.7. The summed E-state index contributed by atoms with van der Waals surface area (Å²) in [5.74, 6) is 0.743. The lowest BCUT2D eigenvalue weighted by Gasteiger charge is -2.09. The van der Waals surface area contributed by atoms with E-state index < -0.39 is 0 Å². The molecule has 0 amide bonds. The number of ether oxygens (including phenoxy) is 1. The van der Waals surface area contributed by atoms with Crippen molar-refractivity contribution in [2.75, 3.05) is 13.7 Å². The van der Waals surface area contributed by atoms with Gasteiger partial charge in [0.15, 0.2) is 0 Å². The molecule has 0 saturated heterocycles. The van der Waals surface area contributed by atoms with Gasteiger partial charge in [-0.15, -0.1) is 0 Å². The molecule has 0 spiro atoms. The Hall–Kier alpha value is -1.52. The van der Waals surface area contributed by atoms with Crippen molar-refractivity contribution in [2.24, 2.45) is 0 Å². The van der Waals surface area contributed by atoms with Crippen LogP contribution in [0.25, 0.3) is 0 Å². The van der Waals surface area contributed by atoms with Gasteiger partial charge in [-0.1, -0.05) is 17.7 Å². The van der Waals surface area contributed by atoms with E-state index in [4.69, 9.17) is 16.3 Å². The number of aryl methyl sites for hydroxylation is 1. The molecule has 4 nitrogen and oxygen atoms in total. The highest BCUT2D eigenvalue weighted by molar-refractivity contribution is 6.32. The van der Waals surface area contributed by atoms with Gasteiger partial charge in [-0.3, -0.25) is 0 Å². The average molecular weight is 280 g/mol. The van der Waals surface area contributed by atoms with Crippen LogP contribution in [0.15, 0.2) is 36.9 Å². The molecule has 0 saturated carbocycles. The smallest absolute Gasteiger partial charge is 0.137 e. The minimum absolute atomic E-state index is 0.642. The van der Waals surface area contributed by atoms with Crippen molar-refractivity contribution in [1.29, 1.82) is 0 Å². The van der Waals surface area contributed by atoms with Crippen molar-refractivity contribution >= 4 is 11.6 Å². The zero-order chi connectivity index (χ0) is 13.5. The molecule has 2 aromatic rings. The SMILES string of the molecule is CNCc1ccc(OCCCn2ccnc2)c(Cl)c1. The van der Waals surface area contributed by atoms with E-state index in [1.807, 2.05) is 36.0 Å². The molecule has 0 unspecified atom stereocenters. The molecule has 0 radical (unpaired) electrons. The van der Waals surface area contributed by atoms with Crippen molar-refractivity contribution in [1.82, 2.24) is 14.9 Å². The number of nitrogens with zero attached hydrogens (tertiary/aromatic N) is 2. The van der Waals surface area contributed by atoms with Crippen molar-refractivity contribution < 1.29 is 4.74 Å². The van der Waals surface area contributed by atoms with Crippen molar-refractivity contribution in [3.05, 3.63) is 47.5 Å². The summed E-state index contributed by atoms with van der Waals surface area (Å²) in [6, 6.07) is 5.88. The molecular formula is C14H18ClN3O. The minimum atomic E-state index is 0.642. The van der Waals surface area contributed by atoms with Crippen LogP contribution in [-0.2, 0) is 13.1 Å². The molecule has 1 aromatic heterocycles. The largest absolute Gasteiger partial charge is 0.492 e. The van der Waals surface area contributed by atoms with Gasteiger partial charge in [-0.2, -0.15) is 0 Å². The topological polar surface area (TPSA) is 39.1 Å². The van der Waals surface area contributed by atoms with E-state index in [2.05, 4.69) is 10.3 Å². The van der Waals surface area contributed by atoms with Crippen LogP contribution in [0.2, 0.25) is 5.02 Å². The summed E-state index contributed by atoms with van der Waals surface area (Å²) in [5.41, 5.74) is 1.15. The van der Waals surface area contributed by atoms with Gasteiger partial charge >= 0.3 is 0 Å². The second kappa shape index (κ2) is 7.16. The highest BCUT2D eigenvalue weighted by Crippen LogP contribution is 2.25. The summed E-state index contributed by atoms with van der Waals surface area (Å²) in [6.45, 7) is 2.35. The molecule has 1 aromatic carbocycles. The number of benzene rings is 1. The molecule has 5 heteroatoms. The number of nitrogens with one attached hydrogen (secondary N) is 1. The summed E-state index contributed by atoms with van der Waals surface area (Å²) in [4.78, 5) is 4.00. The third-order valence-electron chi connectivity index (χ3n) is 2.75. The fraction of sp³-hybridized carbons (Fsp3) is 0.357. The lowest BCUT2D eigenvalue weighted by Crippen LogP contribution is -2.06. The number of imidazole rings is 1. The van der Waals surface area contributed by atoms with Gasteiger partial charge in [0.05, 0.1) is 18.0 Å². The molecule has 0 aliphatic carbocycles. The molecule has 19 heavy (non-hydrogen) atoms. The highest BCUT2D eigenvalue weighted by atomic mass is 35.5. The van der Waals surface area contributed by atoms with Gasteiger partial charge in [-0.25, -0.2) is 4.98 Å².